The van der Waals surface area contributed by atoms with Crippen LogP contribution in [0.5, 0.6) is 0 Å². The molecule has 2 nitrogen and oxygen atoms in total. The molecule has 0 amide bonds. The van der Waals surface area contributed by atoms with E-state index < -0.39 is 0 Å². The number of hydrogen-bond donors (Lipinski definition) is 0. The van der Waals surface area contributed by atoms with Crippen molar-refractivity contribution >= 4 is 17.2 Å². The summed E-state index contributed by atoms with van der Waals surface area (Å²) < 4.78 is 0. The quantitative estimate of drug-likeness (QED) is 0.751. The molecule has 0 spiro atoms. The summed E-state index contributed by atoms with van der Waals surface area (Å²) in [7, 11) is 0. The molecule has 0 atom stereocenters. The summed E-state index contributed by atoms with van der Waals surface area (Å²) in [6.45, 7) is 2.13. The normalized spacial score (nSPS) is 14.5. The van der Waals surface area contributed by atoms with Crippen LogP contribution in [0.15, 0.2) is 18.2 Å². The molecule has 1 aliphatic carbocycles. The highest BCUT2D eigenvalue weighted by atomic mass is 16.1. The third kappa shape index (κ3) is 1.72. The second kappa shape index (κ2) is 4.52. The Morgan fingerprint density at radius 2 is 2.11 bits per heavy atom. The van der Waals surface area contributed by atoms with Crippen molar-refractivity contribution in [2.45, 2.75) is 39.0 Å². The molecule has 0 N–H and O–H groups in total. The molecule has 0 fully saturated rings. The zero-order valence-corrected chi connectivity index (χ0v) is 10.7. The minimum absolute atomic E-state index is 0.880. The molecule has 0 unspecified atom stereocenters. The molecule has 1 aromatic heterocycles. The number of aromatic nitrogens is 1. The van der Waals surface area contributed by atoms with E-state index in [0.29, 0.717) is 0 Å². The van der Waals surface area contributed by atoms with Gasteiger partial charge >= 0.3 is 0 Å². The fourth-order valence-electron chi connectivity index (χ4n) is 2.86. The van der Waals surface area contributed by atoms with Gasteiger partial charge in [0.15, 0.2) is 6.29 Å². The molecule has 2 aromatic rings. The molecule has 0 bridgehead atoms. The summed E-state index contributed by atoms with van der Waals surface area (Å²) in [5.41, 5.74) is 5.44. The molecule has 3 rings (SSSR count). The molecular weight excluding hydrogens is 222 g/mol. The monoisotopic (exact) mass is 239 g/mol. The Morgan fingerprint density at radius 1 is 1.28 bits per heavy atom. The second-order valence-corrected chi connectivity index (χ2v) is 4.98. The topological polar surface area (TPSA) is 30.0 Å². The van der Waals surface area contributed by atoms with Crippen molar-refractivity contribution in [3.63, 3.8) is 0 Å². The minimum Gasteiger partial charge on any atom is -0.298 e. The van der Waals surface area contributed by atoms with E-state index in [2.05, 4.69) is 25.1 Å². The molecule has 0 aliphatic heterocycles. The number of rotatable bonds is 2. The van der Waals surface area contributed by atoms with Crippen LogP contribution < -0.4 is 0 Å². The maximum Gasteiger partial charge on any atom is 0.151 e. The van der Waals surface area contributed by atoms with Crippen molar-refractivity contribution in [2.75, 3.05) is 0 Å². The van der Waals surface area contributed by atoms with Crippen LogP contribution in [0.2, 0.25) is 0 Å². The van der Waals surface area contributed by atoms with Crippen molar-refractivity contribution in [1.82, 2.24) is 4.98 Å². The number of pyridine rings is 1. The van der Waals surface area contributed by atoms with Gasteiger partial charge < -0.3 is 0 Å². The maximum absolute atomic E-state index is 11.5. The lowest BCUT2D eigenvalue weighted by Gasteiger charge is -2.18. The fourth-order valence-corrected chi connectivity index (χ4v) is 2.86. The number of benzene rings is 1. The first-order chi connectivity index (χ1) is 8.83. The van der Waals surface area contributed by atoms with E-state index in [4.69, 9.17) is 4.98 Å². The molecule has 18 heavy (non-hydrogen) atoms. The molecular formula is C16H17NO. The van der Waals surface area contributed by atoms with Gasteiger partial charge in [-0.3, -0.25) is 9.78 Å². The summed E-state index contributed by atoms with van der Waals surface area (Å²) >= 11 is 0. The van der Waals surface area contributed by atoms with Crippen LogP contribution in [0, 0.1) is 0 Å². The van der Waals surface area contributed by atoms with Gasteiger partial charge in [-0.05, 0) is 55.4 Å². The SMILES string of the molecule is CCc1ccc2nc3c(c(C=O)c2c1)CCCC3. The standard InChI is InChI=1S/C16H17NO/c1-2-11-7-8-16-13(9-11)14(10-18)12-5-3-4-6-15(12)17-16/h7-10H,2-6H2,1H3. The van der Waals surface area contributed by atoms with Crippen LogP contribution in [0.4, 0.5) is 0 Å². The highest BCUT2D eigenvalue weighted by Crippen LogP contribution is 2.28. The van der Waals surface area contributed by atoms with Gasteiger partial charge in [0.25, 0.3) is 0 Å². The number of carbonyl (C=O) groups is 1. The van der Waals surface area contributed by atoms with Crippen LogP contribution in [0.3, 0.4) is 0 Å². The van der Waals surface area contributed by atoms with E-state index in [1.165, 1.54) is 24.0 Å². The highest BCUT2D eigenvalue weighted by molar-refractivity contribution is 5.98. The zero-order chi connectivity index (χ0) is 12.5. The third-order valence-corrected chi connectivity index (χ3v) is 3.90. The second-order valence-electron chi connectivity index (χ2n) is 4.98. The summed E-state index contributed by atoms with van der Waals surface area (Å²) in [5.74, 6) is 0. The first kappa shape index (κ1) is 11.4. The van der Waals surface area contributed by atoms with E-state index in [0.717, 1.165) is 47.7 Å². The summed E-state index contributed by atoms with van der Waals surface area (Å²) in [5, 5.41) is 1.03. The Balaban J connectivity index is 2.33. The van der Waals surface area contributed by atoms with Crippen molar-refractivity contribution in [3.8, 4) is 0 Å². The summed E-state index contributed by atoms with van der Waals surface area (Å²) in [4.78, 5) is 16.2. The molecule has 2 heteroatoms. The van der Waals surface area contributed by atoms with Crippen LogP contribution in [-0.4, -0.2) is 11.3 Å². The molecule has 0 saturated carbocycles. The first-order valence-electron chi connectivity index (χ1n) is 6.73. The summed E-state index contributed by atoms with van der Waals surface area (Å²) in [6, 6.07) is 6.29. The minimum atomic E-state index is 0.880. The molecule has 0 saturated heterocycles. The van der Waals surface area contributed by atoms with Crippen LogP contribution in [0.1, 0.15) is 46.9 Å². The van der Waals surface area contributed by atoms with Gasteiger partial charge in [-0.25, -0.2) is 0 Å². The molecule has 1 aromatic carbocycles. The Bertz CT molecular complexity index is 616. The average Bonchev–Trinajstić information content (AvgIpc) is 2.44. The van der Waals surface area contributed by atoms with Gasteiger partial charge in [0.2, 0.25) is 0 Å². The van der Waals surface area contributed by atoms with Crippen molar-refractivity contribution in [1.29, 1.82) is 0 Å². The van der Waals surface area contributed by atoms with E-state index in [1.54, 1.807) is 0 Å². The lowest BCUT2D eigenvalue weighted by atomic mass is 9.90. The Labute approximate surface area is 107 Å². The predicted octanol–water partition coefficient (Wildman–Crippen LogP) is 3.49. The van der Waals surface area contributed by atoms with Gasteiger partial charge in [-0.2, -0.15) is 0 Å². The highest BCUT2D eigenvalue weighted by Gasteiger charge is 2.17. The zero-order valence-electron chi connectivity index (χ0n) is 10.7. The van der Waals surface area contributed by atoms with Crippen LogP contribution in [-0.2, 0) is 19.3 Å². The third-order valence-electron chi connectivity index (χ3n) is 3.90. The number of carbonyl (C=O) groups excluding carboxylic acids is 1. The number of fused-ring (bicyclic) bond motifs is 2. The van der Waals surface area contributed by atoms with Gasteiger partial charge in [-0.1, -0.05) is 13.0 Å². The average molecular weight is 239 g/mol. The summed E-state index contributed by atoms with van der Waals surface area (Å²) in [6.07, 6.45) is 6.40. The largest absolute Gasteiger partial charge is 0.298 e. The molecule has 0 radical (unpaired) electrons. The molecule has 1 heterocycles. The van der Waals surface area contributed by atoms with Gasteiger partial charge in [0, 0.05) is 16.6 Å². The number of aldehydes is 1. The Kier molecular flexibility index (Phi) is 2.86. The van der Waals surface area contributed by atoms with Crippen molar-refractivity contribution in [2.24, 2.45) is 0 Å². The number of aryl methyl sites for hydroxylation is 2. The van der Waals surface area contributed by atoms with Gasteiger partial charge in [-0.15, -0.1) is 0 Å². The van der Waals surface area contributed by atoms with E-state index >= 15 is 0 Å². The Hall–Kier alpha value is -1.70. The molecule has 92 valence electrons. The van der Waals surface area contributed by atoms with E-state index in [-0.39, 0.29) is 0 Å². The van der Waals surface area contributed by atoms with E-state index in [1.807, 2.05) is 0 Å². The van der Waals surface area contributed by atoms with Crippen molar-refractivity contribution < 1.29 is 4.79 Å². The lowest BCUT2D eigenvalue weighted by molar-refractivity contribution is 0.112. The van der Waals surface area contributed by atoms with E-state index in [9.17, 15) is 4.79 Å². The predicted molar refractivity (Wildman–Crippen MR) is 73.2 cm³/mol. The smallest absolute Gasteiger partial charge is 0.151 e. The number of nitrogens with zero attached hydrogens (tertiary/aromatic N) is 1. The van der Waals surface area contributed by atoms with Gasteiger partial charge in [0.05, 0.1) is 5.52 Å². The van der Waals surface area contributed by atoms with Crippen LogP contribution >= 0.6 is 0 Å². The molecule has 1 aliphatic rings. The first-order valence-corrected chi connectivity index (χ1v) is 6.73. The number of hydrogen-bond acceptors (Lipinski definition) is 2. The van der Waals surface area contributed by atoms with Crippen molar-refractivity contribution in [3.05, 3.63) is 40.6 Å². The fraction of sp³-hybridized carbons (Fsp3) is 0.375. The Morgan fingerprint density at radius 3 is 2.89 bits per heavy atom. The van der Waals surface area contributed by atoms with Crippen LogP contribution in [0.25, 0.3) is 10.9 Å². The lowest BCUT2D eigenvalue weighted by Crippen LogP contribution is -2.09. The van der Waals surface area contributed by atoms with Gasteiger partial charge in [0.1, 0.15) is 0 Å². The maximum atomic E-state index is 11.5.